The van der Waals surface area contributed by atoms with Gasteiger partial charge < -0.3 is 5.32 Å². The van der Waals surface area contributed by atoms with E-state index in [9.17, 15) is 4.79 Å². The van der Waals surface area contributed by atoms with Gasteiger partial charge in [0.05, 0.1) is 6.04 Å². The zero-order chi connectivity index (χ0) is 16.2. The minimum Gasteiger partial charge on any atom is -0.343 e. The van der Waals surface area contributed by atoms with Crippen LogP contribution in [0.3, 0.4) is 0 Å². The van der Waals surface area contributed by atoms with Crippen molar-refractivity contribution in [2.75, 3.05) is 0 Å². The number of nitrogens with zero attached hydrogens (tertiary/aromatic N) is 2. The molecule has 1 atom stereocenters. The molecule has 3 heterocycles. The summed E-state index contributed by atoms with van der Waals surface area (Å²) >= 11 is 3.13. The van der Waals surface area contributed by atoms with Crippen molar-refractivity contribution in [3.05, 3.63) is 58.0 Å². The summed E-state index contributed by atoms with van der Waals surface area (Å²) in [6.07, 6.45) is 3.45. The van der Waals surface area contributed by atoms with Crippen molar-refractivity contribution in [3.63, 3.8) is 0 Å². The van der Waals surface area contributed by atoms with Gasteiger partial charge in [-0.3, -0.25) is 9.78 Å². The molecule has 0 aliphatic heterocycles. The first kappa shape index (κ1) is 15.8. The number of carbonyl (C=O) groups excluding carboxylic acids is 1. The van der Waals surface area contributed by atoms with E-state index in [0.717, 1.165) is 15.4 Å². The molecule has 6 heteroatoms. The summed E-state index contributed by atoms with van der Waals surface area (Å²) in [4.78, 5) is 22.1. The summed E-state index contributed by atoms with van der Waals surface area (Å²) in [6.45, 7) is 4.21. The fourth-order valence-corrected chi connectivity index (χ4v) is 4.01. The molecular formula is C17H17N3OS2. The summed E-state index contributed by atoms with van der Waals surface area (Å²) < 4.78 is 0. The number of thiazole rings is 1. The minimum absolute atomic E-state index is 0.00794. The van der Waals surface area contributed by atoms with Gasteiger partial charge in [-0.1, -0.05) is 19.9 Å². The molecule has 0 aliphatic carbocycles. The van der Waals surface area contributed by atoms with Crippen LogP contribution >= 0.6 is 22.7 Å². The minimum atomic E-state index is -0.131. The Balaban J connectivity index is 1.77. The molecule has 1 N–H and O–H groups in total. The fourth-order valence-electron chi connectivity index (χ4n) is 2.25. The molecule has 0 aromatic carbocycles. The van der Waals surface area contributed by atoms with Gasteiger partial charge in [0.25, 0.3) is 5.91 Å². The largest absolute Gasteiger partial charge is 0.343 e. The van der Waals surface area contributed by atoms with Crippen LogP contribution < -0.4 is 5.32 Å². The number of pyridine rings is 1. The molecule has 1 amide bonds. The van der Waals surface area contributed by atoms with Crippen LogP contribution in [-0.4, -0.2) is 15.9 Å². The highest BCUT2D eigenvalue weighted by molar-refractivity contribution is 7.13. The second kappa shape index (κ2) is 7.02. The lowest BCUT2D eigenvalue weighted by Gasteiger charge is -2.20. The molecule has 3 aromatic heterocycles. The first-order chi connectivity index (χ1) is 11.1. The van der Waals surface area contributed by atoms with Crippen LogP contribution in [-0.2, 0) is 0 Å². The van der Waals surface area contributed by atoms with E-state index in [0.29, 0.717) is 11.6 Å². The maximum absolute atomic E-state index is 12.5. The standard InChI is InChI=1S/C17H17N3OS2/c1-11(2)15(14-4-3-9-22-14)20-16(21)13-10-23-17(19-13)12-5-7-18-8-6-12/h3-11,15H,1-2H3,(H,20,21). The van der Waals surface area contributed by atoms with Crippen molar-refractivity contribution in [2.24, 2.45) is 5.92 Å². The normalized spacial score (nSPS) is 12.3. The van der Waals surface area contributed by atoms with Gasteiger partial charge in [0.1, 0.15) is 10.7 Å². The molecule has 0 spiro atoms. The second-order valence-electron chi connectivity index (χ2n) is 5.48. The maximum Gasteiger partial charge on any atom is 0.271 e. The van der Waals surface area contributed by atoms with Gasteiger partial charge in [0.15, 0.2) is 0 Å². The molecule has 3 rings (SSSR count). The highest BCUT2D eigenvalue weighted by Crippen LogP contribution is 2.27. The number of hydrogen-bond donors (Lipinski definition) is 1. The van der Waals surface area contributed by atoms with Gasteiger partial charge >= 0.3 is 0 Å². The molecule has 1 unspecified atom stereocenters. The fraction of sp³-hybridized carbons (Fsp3) is 0.235. The highest BCUT2D eigenvalue weighted by Gasteiger charge is 2.21. The molecular weight excluding hydrogens is 326 g/mol. The topological polar surface area (TPSA) is 54.9 Å². The Hall–Kier alpha value is -2.05. The van der Waals surface area contributed by atoms with Gasteiger partial charge in [0, 0.05) is 28.2 Å². The van der Waals surface area contributed by atoms with E-state index in [1.54, 1.807) is 29.1 Å². The number of aromatic nitrogens is 2. The summed E-state index contributed by atoms with van der Waals surface area (Å²) in [5, 5.41) is 7.76. The van der Waals surface area contributed by atoms with Crippen molar-refractivity contribution in [1.29, 1.82) is 0 Å². The van der Waals surface area contributed by atoms with E-state index < -0.39 is 0 Å². The van der Waals surface area contributed by atoms with Crippen LogP contribution in [0.4, 0.5) is 0 Å². The summed E-state index contributed by atoms with van der Waals surface area (Å²) in [5.74, 6) is 0.185. The van der Waals surface area contributed by atoms with Gasteiger partial charge in [0.2, 0.25) is 0 Å². The Morgan fingerprint density at radius 1 is 1.17 bits per heavy atom. The van der Waals surface area contributed by atoms with Gasteiger partial charge in [-0.05, 0) is 29.5 Å². The molecule has 118 valence electrons. The Morgan fingerprint density at radius 3 is 2.61 bits per heavy atom. The maximum atomic E-state index is 12.5. The van der Waals surface area contributed by atoms with Crippen LogP contribution in [0.1, 0.15) is 35.3 Å². The predicted molar refractivity (Wildman–Crippen MR) is 94.7 cm³/mol. The van der Waals surface area contributed by atoms with Crippen molar-refractivity contribution >= 4 is 28.6 Å². The van der Waals surface area contributed by atoms with Crippen LogP contribution in [0, 0.1) is 5.92 Å². The van der Waals surface area contributed by atoms with Crippen LogP contribution in [0.15, 0.2) is 47.4 Å². The van der Waals surface area contributed by atoms with Crippen molar-refractivity contribution in [3.8, 4) is 10.6 Å². The number of amides is 1. The Morgan fingerprint density at radius 2 is 1.96 bits per heavy atom. The van der Waals surface area contributed by atoms with Crippen molar-refractivity contribution in [1.82, 2.24) is 15.3 Å². The zero-order valence-corrected chi connectivity index (χ0v) is 14.5. The molecule has 0 saturated heterocycles. The van der Waals surface area contributed by atoms with E-state index >= 15 is 0 Å². The smallest absolute Gasteiger partial charge is 0.271 e. The molecule has 0 radical (unpaired) electrons. The number of carbonyl (C=O) groups is 1. The van der Waals surface area contributed by atoms with E-state index in [4.69, 9.17) is 0 Å². The third kappa shape index (κ3) is 3.65. The number of rotatable bonds is 5. The molecule has 4 nitrogen and oxygen atoms in total. The third-order valence-corrected chi connectivity index (χ3v) is 5.31. The van der Waals surface area contributed by atoms with Gasteiger partial charge in [-0.2, -0.15) is 0 Å². The van der Waals surface area contributed by atoms with Gasteiger partial charge in [-0.15, -0.1) is 22.7 Å². The third-order valence-electron chi connectivity index (χ3n) is 3.47. The quantitative estimate of drug-likeness (QED) is 0.747. The van der Waals surface area contributed by atoms with E-state index in [2.05, 4.69) is 35.2 Å². The van der Waals surface area contributed by atoms with Crippen LogP contribution in [0.25, 0.3) is 10.6 Å². The molecule has 0 saturated carbocycles. The molecule has 0 fully saturated rings. The average molecular weight is 343 g/mol. The van der Waals surface area contributed by atoms with Crippen LogP contribution in [0.5, 0.6) is 0 Å². The van der Waals surface area contributed by atoms with Gasteiger partial charge in [-0.25, -0.2) is 4.98 Å². The second-order valence-corrected chi connectivity index (χ2v) is 7.32. The van der Waals surface area contributed by atoms with E-state index in [1.807, 2.05) is 23.6 Å². The van der Waals surface area contributed by atoms with E-state index in [-0.39, 0.29) is 11.9 Å². The predicted octanol–water partition coefficient (Wildman–Crippen LogP) is 4.39. The lowest BCUT2D eigenvalue weighted by molar-refractivity contribution is 0.0922. The highest BCUT2D eigenvalue weighted by atomic mass is 32.1. The molecule has 0 aliphatic rings. The zero-order valence-electron chi connectivity index (χ0n) is 12.9. The lowest BCUT2D eigenvalue weighted by atomic mass is 10.0. The first-order valence-electron chi connectivity index (χ1n) is 7.35. The summed E-state index contributed by atoms with van der Waals surface area (Å²) in [7, 11) is 0. The Bertz CT molecular complexity index is 766. The van der Waals surface area contributed by atoms with Crippen molar-refractivity contribution in [2.45, 2.75) is 19.9 Å². The monoisotopic (exact) mass is 343 g/mol. The summed E-state index contributed by atoms with van der Waals surface area (Å²) in [5.41, 5.74) is 1.44. The molecule has 0 bridgehead atoms. The number of nitrogens with one attached hydrogen (secondary N) is 1. The molecule has 3 aromatic rings. The Kier molecular flexibility index (Phi) is 4.83. The average Bonchev–Trinajstić information content (AvgIpc) is 3.24. The number of hydrogen-bond acceptors (Lipinski definition) is 5. The SMILES string of the molecule is CC(C)C(NC(=O)c1csc(-c2ccncc2)n1)c1cccs1. The van der Waals surface area contributed by atoms with Crippen LogP contribution in [0.2, 0.25) is 0 Å². The first-order valence-corrected chi connectivity index (χ1v) is 9.11. The lowest BCUT2D eigenvalue weighted by Crippen LogP contribution is -2.31. The number of thiophene rings is 1. The van der Waals surface area contributed by atoms with Crippen molar-refractivity contribution < 1.29 is 4.79 Å². The molecule has 23 heavy (non-hydrogen) atoms. The summed E-state index contributed by atoms with van der Waals surface area (Å²) in [6, 6.07) is 7.85. The van der Waals surface area contributed by atoms with E-state index in [1.165, 1.54) is 11.3 Å². The Labute approximate surface area is 143 Å².